The molecule has 2 aromatic heterocycles. The van der Waals surface area contributed by atoms with Gasteiger partial charge in [0.2, 0.25) is 0 Å². The lowest BCUT2D eigenvalue weighted by atomic mass is 10.3. The van der Waals surface area contributed by atoms with Crippen LogP contribution in [0.25, 0.3) is 0 Å². The molecule has 0 aliphatic carbocycles. The molecule has 0 spiro atoms. The van der Waals surface area contributed by atoms with E-state index in [0.29, 0.717) is 5.82 Å². The third kappa shape index (κ3) is 2.53. The van der Waals surface area contributed by atoms with Crippen molar-refractivity contribution in [2.75, 3.05) is 41.7 Å². The van der Waals surface area contributed by atoms with Crippen molar-refractivity contribution in [1.82, 2.24) is 15.0 Å². The first kappa shape index (κ1) is 13.1. The predicted molar refractivity (Wildman–Crippen MR) is 82.8 cm³/mol. The van der Waals surface area contributed by atoms with Gasteiger partial charge in [-0.1, -0.05) is 6.07 Å². The summed E-state index contributed by atoms with van der Waals surface area (Å²) in [6.45, 7) is 3.58. The van der Waals surface area contributed by atoms with E-state index in [4.69, 9.17) is 5.73 Å². The van der Waals surface area contributed by atoms with Crippen LogP contribution in [0, 0.1) is 0 Å². The molecule has 1 saturated heterocycles. The third-order valence-electron chi connectivity index (χ3n) is 3.35. The van der Waals surface area contributed by atoms with Crippen LogP contribution in [0.3, 0.4) is 0 Å². The van der Waals surface area contributed by atoms with Gasteiger partial charge >= 0.3 is 0 Å². The van der Waals surface area contributed by atoms with E-state index in [0.717, 1.165) is 42.3 Å². The van der Waals surface area contributed by atoms with E-state index in [2.05, 4.69) is 40.7 Å². The minimum absolute atomic E-state index is 0.474. The first-order valence-electron chi connectivity index (χ1n) is 6.42. The van der Waals surface area contributed by atoms with Crippen LogP contribution in [0.5, 0.6) is 0 Å². The Kier molecular flexibility index (Phi) is 3.68. The maximum Gasteiger partial charge on any atom is 0.148 e. The van der Waals surface area contributed by atoms with Gasteiger partial charge in [-0.3, -0.25) is 0 Å². The molecule has 0 unspecified atom stereocenters. The summed E-state index contributed by atoms with van der Waals surface area (Å²) in [5, 5.41) is 0. The summed E-state index contributed by atoms with van der Waals surface area (Å²) in [5.74, 6) is 2.36. The van der Waals surface area contributed by atoms with Crippen molar-refractivity contribution in [2.24, 2.45) is 0 Å². The molecule has 3 rings (SSSR count). The fourth-order valence-corrected chi connectivity index (χ4v) is 2.74. The lowest BCUT2D eigenvalue weighted by Crippen LogP contribution is -2.47. The van der Waals surface area contributed by atoms with Crippen molar-refractivity contribution >= 4 is 33.4 Å². The van der Waals surface area contributed by atoms with Crippen molar-refractivity contribution < 1.29 is 0 Å². The van der Waals surface area contributed by atoms with Crippen LogP contribution in [0.1, 0.15) is 0 Å². The topological polar surface area (TPSA) is 71.2 Å². The van der Waals surface area contributed by atoms with Gasteiger partial charge < -0.3 is 15.5 Å². The van der Waals surface area contributed by atoms with Gasteiger partial charge in [-0.05, 0) is 28.1 Å². The number of nitrogen functional groups attached to an aromatic ring is 1. The zero-order chi connectivity index (χ0) is 13.9. The molecule has 1 aliphatic heterocycles. The monoisotopic (exact) mass is 334 g/mol. The molecule has 0 saturated carbocycles. The molecule has 1 aliphatic rings. The Hall–Kier alpha value is -1.89. The van der Waals surface area contributed by atoms with Gasteiger partial charge in [-0.15, -0.1) is 0 Å². The smallest absolute Gasteiger partial charge is 0.148 e. The van der Waals surface area contributed by atoms with Crippen LogP contribution in [-0.2, 0) is 0 Å². The molecule has 20 heavy (non-hydrogen) atoms. The molecule has 3 heterocycles. The Labute approximate surface area is 125 Å². The summed E-state index contributed by atoms with van der Waals surface area (Å²) >= 11 is 3.46. The second-order valence-electron chi connectivity index (χ2n) is 4.56. The van der Waals surface area contributed by atoms with Crippen LogP contribution in [0.4, 0.5) is 17.5 Å². The summed E-state index contributed by atoms with van der Waals surface area (Å²) < 4.78 is 0.770. The van der Waals surface area contributed by atoms with Gasteiger partial charge in [-0.2, -0.15) is 0 Å². The Morgan fingerprint density at radius 3 is 2.45 bits per heavy atom. The van der Waals surface area contributed by atoms with E-state index in [1.165, 1.54) is 6.33 Å². The summed E-state index contributed by atoms with van der Waals surface area (Å²) in [6.07, 6.45) is 3.32. The van der Waals surface area contributed by atoms with Gasteiger partial charge in [-0.25, -0.2) is 15.0 Å². The summed E-state index contributed by atoms with van der Waals surface area (Å²) in [7, 11) is 0. The van der Waals surface area contributed by atoms with Gasteiger partial charge in [0.05, 0.1) is 0 Å². The summed E-state index contributed by atoms with van der Waals surface area (Å²) in [5.41, 5.74) is 5.80. The van der Waals surface area contributed by atoms with Crippen LogP contribution in [-0.4, -0.2) is 41.1 Å². The minimum Gasteiger partial charge on any atom is -0.383 e. The number of piperazine rings is 1. The second kappa shape index (κ2) is 5.62. The van der Waals surface area contributed by atoms with Gasteiger partial charge in [0.1, 0.15) is 28.3 Å². The zero-order valence-corrected chi connectivity index (χ0v) is 12.5. The lowest BCUT2D eigenvalue weighted by molar-refractivity contribution is 0.640. The molecule has 2 N–H and O–H groups in total. The molecular weight excluding hydrogens is 320 g/mol. The summed E-state index contributed by atoms with van der Waals surface area (Å²) in [4.78, 5) is 17.2. The van der Waals surface area contributed by atoms with Crippen molar-refractivity contribution in [2.45, 2.75) is 0 Å². The molecule has 0 radical (unpaired) electrons. The standard InChI is InChI=1S/C13H15BrN6/c14-11-12(15)17-9-18-13(11)20-7-5-19(6-8-20)10-3-1-2-4-16-10/h1-4,9H,5-8H2,(H2,15,17,18). The Morgan fingerprint density at radius 2 is 1.75 bits per heavy atom. The predicted octanol–water partition coefficient (Wildman–Crippen LogP) is 1.54. The van der Waals surface area contributed by atoms with E-state index in [1.54, 1.807) is 0 Å². The van der Waals surface area contributed by atoms with E-state index < -0.39 is 0 Å². The molecule has 1 fully saturated rings. The number of nitrogens with zero attached hydrogens (tertiary/aromatic N) is 5. The number of hydrogen-bond donors (Lipinski definition) is 1. The van der Waals surface area contributed by atoms with Crippen LogP contribution in [0.2, 0.25) is 0 Å². The first-order chi connectivity index (χ1) is 9.75. The number of halogens is 1. The van der Waals surface area contributed by atoms with Crippen molar-refractivity contribution in [3.05, 3.63) is 35.2 Å². The van der Waals surface area contributed by atoms with Gasteiger partial charge in [0.25, 0.3) is 0 Å². The highest BCUT2D eigenvalue weighted by atomic mass is 79.9. The average molecular weight is 335 g/mol. The number of pyridine rings is 1. The molecule has 2 aromatic rings. The Balaban J connectivity index is 1.71. The number of rotatable bonds is 2. The Morgan fingerprint density at radius 1 is 1.00 bits per heavy atom. The first-order valence-corrected chi connectivity index (χ1v) is 7.22. The number of nitrogens with two attached hydrogens (primary N) is 1. The van der Waals surface area contributed by atoms with Gasteiger partial charge in [0.15, 0.2) is 0 Å². The molecular formula is C13H15BrN6. The molecule has 0 amide bonds. The number of anilines is 3. The normalized spacial score (nSPS) is 15.4. The molecule has 0 atom stereocenters. The molecule has 104 valence electrons. The quantitative estimate of drug-likeness (QED) is 0.898. The highest BCUT2D eigenvalue weighted by Crippen LogP contribution is 2.28. The van der Waals surface area contributed by atoms with E-state index in [1.807, 2.05) is 24.4 Å². The second-order valence-corrected chi connectivity index (χ2v) is 5.35. The van der Waals surface area contributed by atoms with Crippen molar-refractivity contribution in [1.29, 1.82) is 0 Å². The van der Waals surface area contributed by atoms with Crippen LogP contribution in [0.15, 0.2) is 35.2 Å². The zero-order valence-electron chi connectivity index (χ0n) is 10.9. The molecule has 0 aromatic carbocycles. The van der Waals surface area contributed by atoms with Crippen molar-refractivity contribution in [3.8, 4) is 0 Å². The van der Waals surface area contributed by atoms with Crippen LogP contribution < -0.4 is 15.5 Å². The fraction of sp³-hybridized carbons (Fsp3) is 0.308. The highest BCUT2D eigenvalue weighted by molar-refractivity contribution is 9.10. The maximum atomic E-state index is 5.80. The Bertz CT molecular complexity index is 583. The van der Waals surface area contributed by atoms with Gasteiger partial charge in [0, 0.05) is 32.4 Å². The minimum atomic E-state index is 0.474. The number of aromatic nitrogens is 3. The lowest BCUT2D eigenvalue weighted by Gasteiger charge is -2.36. The molecule has 0 bridgehead atoms. The fourth-order valence-electron chi connectivity index (χ4n) is 2.28. The average Bonchev–Trinajstić information content (AvgIpc) is 2.51. The largest absolute Gasteiger partial charge is 0.383 e. The van der Waals surface area contributed by atoms with E-state index in [9.17, 15) is 0 Å². The molecule has 6 nitrogen and oxygen atoms in total. The van der Waals surface area contributed by atoms with Crippen LogP contribution >= 0.6 is 15.9 Å². The summed E-state index contributed by atoms with van der Waals surface area (Å²) in [6, 6.07) is 5.98. The number of hydrogen-bond acceptors (Lipinski definition) is 6. The van der Waals surface area contributed by atoms with E-state index >= 15 is 0 Å². The third-order valence-corrected chi connectivity index (χ3v) is 4.11. The molecule has 7 heteroatoms. The SMILES string of the molecule is Nc1ncnc(N2CCN(c3ccccn3)CC2)c1Br. The van der Waals surface area contributed by atoms with Crippen molar-refractivity contribution in [3.63, 3.8) is 0 Å². The maximum absolute atomic E-state index is 5.80. The van der Waals surface area contributed by atoms with E-state index in [-0.39, 0.29) is 0 Å². The highest BCUT2D eigenvalue weighted by Gasteiger charge is 2.21.